The molecule has 178 valence electrons. The lowest BCUT2D eigenvalue weighted by Crippen LogP contribution is -2.50. The highest BCUT2D eigenvalue weighted by molar-refractivity contribution is 5.53. The van der Waals surface area contributed by atoms with Crippen LogP contribution < -0.4 is 0 Å². The summed E-state index contributed by atoms with van der Waals surface area (Å²) in [4.78, 5) is 8.56. The lowest BCUT2D eigenvalue weighted by Gasteiger charge is -2.58. The fourth-order valence-corrected chi connectivity index (χ4v) is 8.72. The topological polar surface area (TPSA) is 57.5 Å². The smallest absolute Gasteiger partial charge is 0.450 e. The summed E-state index contributed by atoms with van der Waals surface area (Å²) >= 11 is 0. The Hall–Kier alpha value is -0.990. The summed E-state index contributed by atoms with van der Waals surface area (Å²) in [5, 5.41) is 13.9. The molecule has 7 atom stereocenters. The molecule has 3 nitrogen and oxygen atoms in total. The molecular formula is C28H48O3. The van der Waals surface area contributed by atoms with Gasteiger partial charge in [-0.1, -0.05) is 72.0 Å². The van der Waals surface area contributed by atoms with Crippen molar-refractivity contribution in [3.8, 4) is 0 Å². The van der Waals surface area contributed by atoms with Crippen molar-refractivity contribution in [1.29, 1.82) is 0 Å². The van der Waals surface area contributed by atoms with Crippen molar-refractivity contribution in [3.63, 3.8) is 0 Å². The van der Waals surface area contributed by atoms with Crippen LogP contribution in [0.4, 0.5) is 4.79 Å². The van der Waals surface area contributed by atoms with Gasteiger partial charge in [0.2, 0.25) is 0 Å². The number of fused-ring (bicyclic) bond motifs is 5. The Morgan fingerprint density at radius 1 is 1.03 bits per heavy atom. The number of allylic oxidation sites excluding steroid dienone is 2. The monoisotopic (exact) mass is 432 g/mol. The minimum absolute atomic E-state index is 0.573. The van der Waals surface area contributed by atoms with Crippen LogP contribution in [0.5, 0.6) is 0 Å². The average molecular weight is 433 g/mol. The van der Waals surface area contributed by atoms with E-state index in [1.54, 1.807) is 0 Å². The Labute approximate surface area is 191 Å². The highest BCUT2D eigenvalue weighted by Gasteiger charge is 2.58. The van der Waals surface area contributed by atoms with Crippen LogP contribution in [0.1, 0.15) is 112 Å². The van der Waals surface area contributed by atoms with E-state index in [4.69, 9.17) is 15.0 Å². The molecule has 0 aromatic carbocycles. The van der Waals surface area contributed by atoms with Crippen LogP contribution in [0.15, 0.2) is 11.6 Å². The van der Waals surface area contributed by atoms with Crippen LogP contribution in [0.2, 0.25) is 0 Å². The fourth-order valence-electron chi connectivity index (χ4n) is 8.72. The molecule has 3 saturated carbocycles. The number of hydrogen-bond donors (Lipinski definition) is 2. The predicted molar refractivity (Wildman–Crippen MR) is 128 cm³/mol. The Morgan fingerprint density at radius 3 is 2.42 bits per heavy atom. The van der Waals surface area contributed by atoms with Gasteiger partial charge in [-0.2, -0.15) is 0 Å². The standard InChI is InChI=1S/C27H46.CH2O3/c1-19(2)9-8-10-20(3)23-14-15-24-22-13-12-21-11-6-7-17-26(21,4)25(22)16-18-27(23,24)5;2-1(3)4/h12,19-20,22-25H,6-11,13-18H2,1-5H3;(H2,2,3,4)/t20-,22+,23-,24+,25+,26+,27-;/m1./s1. The summed E-state index contributed by atoms with van der Waals surface area (Å²) < 4.78 is 0. The maximum Gasteiger partial charge on any atom is 0.503 e. The Kier molecular flexibility index (Phi) is 7.85. The summed E-state index contributed by atoms with van der Waals surface area (Å²) in [6, 6.07) is 0. The van der Waals surface area contributed by atoms with Gasteiger partial charge >= 0.3 is 6.16 Å². The molecule has 4 rings (SSSR count). The normalized spacial score (nSPS) is 40.0. The highest BCUT2D eigenvalue weighted by atomic mass is 16.6. The molecule has 0 aromatic heterocycles. The first-order valence-electron chi connectivity index (χ1n) is 13.2. The first-order chi connectivity index (χ1) is 14.6. The van der Waals surface area contributed by atoms with Crippen molar-refractivity contribution >= 4 is 6.16 Å². The molecule has 4 aliphatic rings. The molecule has 2 N–H and O–H groups in total. The van der Waals surface area contributed by atoms with Crippen molar-refractivity contribution in [2.45, 2.75) is 112 Å². The van der Waals surface area contributed by atoms with E-state index in [0.717, 1.165) is 35.5 Å². The molecule has 4 aliphatic carbocycles. The molecule has 31 heavy (non-hydrogen) atoms. The molecule has 0 aromatic rings. The minimum atomic E-state index is -1.83. The van der Waals surface area contributed by atoms with E-state index in [-0.39, 0.29) is 0 Å². The zero-order valence-corrected chi connectivity index (χ0v) is 20.8. The van der Waals surface area contributed by atoms with E-state index in [1.165, 1.54) is 77.0 Å². The number of rotatable bonds is 5. The third-order valence-corrected chi connectivity index (χ3v) is 10.2. The molecule has 3 heteroatoms. The number of hydrogen-bond acceptors (Lipinski definition) is 1. The average Bonchev–Trinajstić information content (AvgIpc) is 3.04. The summed E-state index contributed by atoms with van der Waals surface area (Å²) in [7, 11) is 0. The van der Waals surface area contributed by atoms with Gasteiger partial charge in [0.1, 0.15) is 0 Å². The lowest BCUT2D eigenvalue weighted by atomic mass is 9.47. The van der Waals surface area contributed by atoms with E-state index in [0.29, 0.717) is 10.8 Å². The second-order valence-corrected chi connectivity index (χ2v) is 12.3. The highest BCUT2D eigenvalue weighted by Crippen LogP contribution is 2.67. The quantitative estimate of drug-likeness (QED) is 0.427. The van der Waals surface area contributed by atoms with Crippen LogP contribution in [0, 0.1) is 46.3 Å². The van der Waals surface area contributed by atoms with Crippen molar-refractivity contribution < 1.29 is 15.0 Å². The van der Waals surface area contributed by atoms with Gasteiger partial charge in [-0.25, -0.2) is 4.79 Å². The lowest BCUT2D eigenvalue weighted by molar-refractivity contribution is -0.0500. The molecule has 0 radical (unpaired) electrons. The molecule has 3 fully saturated rings. The van der Waals surface area contributed by atoms with E-state index in [2.05, 4.69) is 40.7 Å². The third-order valence-electron chi connectivity index (χ3n) is 10.2. The molecule has 0 heterocycles. The van der Waals surface area contributed by atoms with Crippen LogP contribution >= 0.6 is 0 Å². The minimum Gasteiger partial charge on any atom is -0.450 e. The number of carboxylic acid groups (broad SMARTS) is 2. The second-order valence-electron chi connectivity index (χ2n) is 12.3. The van der Waals surface area contributed by atoms with E-state index in [9.17, 15) is 0 Å². The van der Waals surface area contributed by atoms with Gasteiger partial charge in [0.15, 0.2) is 0 Å². The summed E-state index contributed by atoms with van der Waals surface area (Å²) in [5.41, 5.74) is 3.09. The zero-order valence-electron chi connectivity index (χ0n) is 20.8. The summed E-state index contributed by atoms with van der Waals surface area (Å²) in [6.07, 6.45) is 18.6. The second kappa shape index (κ2) is 9.87. The molecule has 0 amide bonds. The summed E-state index contributed by atoms with van der Waals surface area (Å²) in [6.45, 7) is 12.8. The van der Waals surface area contributed by atoms with Gasteiger partial charge in [0, 0.05) is 0 Å². The van der Waals surface area contributed by atoms with Gasteiger partial charge in [-0.15, -0.1) is 0 Å². The van der Waals surface area contributed by atoms with E-state index in [1.807, 2.05) is 5.57 Å². The van der Waals surface area contributed by atoms with Gasteiger partial charge in [0.05, 0.1) is 0 Å². The SMILES string of the molecule is CC(C)CCC[C@@H](C)[C@H]1CC[C@H]2[C@@H]3CC=C4CCCC[C@]4(C)[C@H]3CC[C@]12C.O=C(O)O. The molecule has 0 saturated heterocycles. The van der Waals surface area contributed by atoms with Gasteiger partial charge in [-0.05, 0) is 97.7 Å². The molecule has 0 unspecified atom stereocenters. The Bertz CT molecular complexity index is 649. The van der Waals surface area contributed by atoms with Crippen molar-refractivity contribution in [2.24, 2.45) is 46.3 Å². The molecule has 0 aliphatic heterocycles. The Balaban J connectivity index is 0.000000628. The predicted octanol–water partition coefficient (Wildman–Crippen LogP) is 8.64. The van der Waals surface area contributed by atoms with Gasteiger partial charge in [-0.3, -0.25) is 0 Å². The Morgan fingerprint density at radius 2 is 1.74 bits per heavy atom. The van der Waals surface area contributed by atoms with E-state index >= 15 is 0 Å². The maximum atomic E-state index is 8.56. The summed E-state index contributed by atoms with van der Waals surface area (Å²) in [5.74, 6) is 5.84. The van der Waals surface area contributed by atoms with Gasteiger partial charge < -0.3 is 10.2 Å². The van der Waals surface area contributed by atoms with Gasteiger partial charge in [0.25, 0.3) is 0 Å². The zero-order chi connectivity index (χ0) is 22.8. The molecular weight excluding hydrogens is 384 g/mol. The van der Waals surface area contributed by atoms with Crippen molar-refractivity contribution in [3.05, 3.63) is 11.6 Å². The van der Waals surface area contributed by atoms with Crippen LogP contribution in [-0.4, -0.2) is 16.4 Å². The first-order valence-corrected chi connectivity index (χ1v) is 13.2. The van der Waals surface area contributed by atoms with Crippen LogP contribution in [0.25, 0.3) is 0 Å². The van der Waals surface area contributed by atoms with Crippen LogP contribution in [0.3, 0.4) is 0 Å². The molecule has 0 spiro atoms. The van der Waals surface area contributed by atoms with Crippen molar-refractivity contribution in [2.75, 3.05) is 0 Å². The largest absolute Gasteiger partial charge is 0.503 e. The van der Waals surface area contributed by atoms with E-state index < -0.39 is 6.16 Å². The van der Waals surface area contributed by atoms with Crippen LogP contribution in [-0.2, 0) is 0 Å². The third kappa shape index (κ3) is 5.01. The fraction of sp³-hybridized carbons (Fsp3) is 0.893. The van der Waals surface area contributed by atoms with Crippen molar-refractivity contribution in [1.82, 2.24) is 0 Å². The maximum absolute atomic E-state index is 8.56. The molecule has 0 bridgehead atoms. The first kappa shape index (κ1) is 24.6. The number of carbonyl (C=O) groups is 1.